The number of nitrogens with zero attached hydrogens (tertiary/aromatic N) is 2. The van der Waals surface area contributed by atoms with Crippen molar-refractivity contribution in [1.82, 2.24) is 4.57 Å². The van der Waals surface area contributed by atoms with Crippen LogP contribution in [0, 0.1) is 5.41 Å². The van der Waals surface area contributed by atoms with E-state index in [0.29, 0.717) is 17.8 Å². The number of carbonyl (C=O) groups excluding carboxylic acids is 1. The molecule has 0 spiro atoms. The van der Waals surface area contributed by atoms with Gasteiger partial charge in [0.05, 0.1) is 6.10 Å². The summed E-state index contributed by atoms with van der Waals surface area (Å²) < 4.78 is 7.44. The molecule has 0 radical (unpaired) electrons. The molecule has 0 aromatic carbocycles. The van der Waals surface area contributed by atoms with Gasteiger partial charge in [0, 0.05) is 37.1 Å². The fourth-order valence-corrected chi connectivity index (χ4v) is 3.15. The first kappa shape index (κ1) is 14.4. The molecule has 6 heteroatoms. The van der Waals surface area contributed by atoms with Gasteiger partial charge in [0.1, 0.15) is 5.54 Å². The minimum absolute atomic E-state index is 0.0266. The van der Waals surface area contributed by atoms with E-state index in [9.17, 15) is 4.79 Å². The Labute approximate surface area is 117 Å². The Bertz CT molecular complexity index is 546. The summed E-state index contributed by atoms with van der Waals surface area (Å²) in [5.74, 6) is -0.258. The van der Waals surface area contributed by atoms with Crippen LogP contribution in [0.25, 0.3) is 0 Å². The van der Waals surface area contributed by atoms with Crippen molar-refractivity contribution in [2.75, 3.05) is 6.61 Å². The van der Waals surface area contributed by atoms with Crippen LogP contribution in [0.2, 0.25) is 0 Å². The maximum atomic E-state index is 12.4. The Morgan fingerprint density at radius 1 is 1.68 bits per heavy atom. The largest absolute Gasteiger partial charge is 0.378 e. The average molecular weight is 283 g/mol. The van der Waals surface area contributed by atoms with Crippen molar-refractivity contribution >= 4 is 17.2 Å². The van der Waals surface area contributed by atoms with Crippen LogP contribution in [0.5, 0.6) is 0 Å². The first-order valence-electron chi connectivity index (χ1n) is 6.42. The standard InChI is InChI=1S/C13H21N3O2S/c1-5-18-9-8-13(14,12(9,2)3)10(17)15-11-16(4)6-7-19-11/h6-7,9H,5,8,14H2,1-4H3. The van der Waals surface area contributed by atoms with Crippen LogP contribution in [0.15, 0.2) is 16.6 Å². The highest BCUT2D eigenvalue weighted by Gasteiger charge is 2.62. The van der Waals surface area contributed by atoms with Crippen LogP contribution in [0.1, 0.15) is 27.2 Å². The Kier molecular flexibility index (Phi) is 3.68. The Morgan fingerprint density at radius 2 is 2.37 bits per heavy atom. The summed E-state index contributed by atoms with van der Waals surface area (Å²) in [6.07, 6.45) is 2.43. The molecule has 1 fully saturated rings. The summed E-state index contributed by atoms with van der Waals surface area (Å²) in [7, 11) is 1.86. The zero-order valence-electron chi connectivity index (χ0n) is 11.8. The number of aromatic nitrogens is 1. The first-order chi connectivity index (χ1) is 8.83. The maximum Gasteiger partial charge on any atom is 0.269 e. The van der Waals surface area contributed by atoms with Gasteiger partial charge in [0.2, 0.25) is 0 Å². The SMILES string of the molecule is CCOC1CC(N)(C(=O)N=c2sccn2C)C1(C)C. The van der Waals surface area contributed by atoms with Crippen molar-refractivity contribution in [2.45, 2.75) is 38.8 Å². The van der Waals surface area contributed by atoms with Gasteiger partial charge in [-0.05, 0) is 6.92 Å². The summed E-state index contributed by atoms with van der Waals surface area (Å²) in [4.78, 5) is 17.2. The van der Waals surface area contributed by atoms with E-state index >= 15 is 0 Å². The molecule has 2 unspecified atom stereocenters. The van der Waals surface area contributed by atoms with Crippen molar-refractivity contribution in [3.05, 3.63) is 16.4 Å². The van der Waals surface area contributed by atoms with Crippen molar-refractivity contribution in [3.8, 4) is 0 Å². The molecule has 0 bridgehead atoms. The summed E-state index contributed by atoms with van der Waals surface area (Å²) in [5, 5.41) is 1.89. The lowest BCUT2D eigenvalue weighted by atomic mass is 9.54. The van der Waals surface area contributed by atoms with Gasteiger partial charge < -0.3 is 15.0 Å². The van der Waals surface area contributed by atoms with E-state index in [0.717, 1.165) is 0 Å². The van der Waals surface area contributed by atoms with Crippen LogP contribution in [-0.4, -0.2) is 28.7 Å². The number of hydrogen-bond donors (Lipinski definition) is 1. The second kappa shape index (κ2) is 4.85. The number of amides is 1. The molecule has 2 atom stereocenters. The molecule has 0 saturated heterocycles. The fraction of sp³-hybridized carbons (Fsp3) is 0.692. The van der Waals surface area contributed by atoms with E-state index in [1.807, 2.05) is 44.0 Å². The molecule has 1 amide bonds. The normalized spacial score (nSPS) is 30.2. The molecule has 1 aromatic heterocycles. The number of ether oxygens (including phenoxy) is 1. The van der Waals surface area contributed by atoms with E-state index in [4.69, 9.17) is 10.5 Å². The predicted molar refractivity (Wildman–Crippen MR) is 74.6 cm³/mol. The number of thiazole rings is 1. The molecule has 1 aromatic rings. The number of carbonyl (C=O) groups is 1. The van der Waals surface area contributed by atoms with Crippen LogP contribution in [0.3, 0.4) is 0 Å². The third-order valence-corrected chi connectivity index (χ3v) is 5.02. The van der Waals surface area contributed by atoms with E-state index < -0.39 is 5.54 Å². The molecule has 2 rings (SSSR count). The second-order valence-corrected chi connectivity index (χ2v) is 6.43. The van der Waals surface area contributed by atoms with Crippen LogP contribution in [-0.2, 0) is 16.6 Å². The molecule has 106 valence electrons. The molecular weight excluding hydrogens is 262 g/mol. The van der Waals surface area contributed by atoms with Crippen LogP contribution < -0.4 is 10.5 Å². The van der Waals surface area contributed by atoms with Crippen molar-refractivity contribution in [2.24, 2.45) is 23.2 Å². The number of nitrogens with two attached hydrogens (primary N) is 1. The van der Waals surface area contributed by atoms with Gasteiger partial charge in [-0.2, -0.15) is 4.99 Å². The second-order valence-electron chi connectivity index (χ2n) is 5.55. The number of rotatable bonds is 3. The Morgan fingerprint density at radius 3 is 2.84 bits per heavy atom. The monoisotopic (exact) mass is 283 g/mol. The Hall–Kier alpha value is -0.980. The van der Waals surface area contributed by atoms with E-state index in [1.165, 1.54) is 11.3 Å². The van der Waals surface area contributed by atoms with Crippen LogP contribution in [0.4, 0.5) is 0 Å². The summed E-state index contributed by atoms with van der Waals surface area (Å²) in [6, 6.07) is 0. The molecule has 2 N–H and O–H groups in total. The molecular formula is C13H21N3O2S. The minimum Gasteiger partial charge on any atom is -0.378 e. The minimum atomic E-state index is -0.927. The molecule has 1 aliphatic rings. The topological polar surface area (TPSA) is 69.6 Å². The zero-order valence-corrected chi connectivity index (χ0v) is 12.7. The quantitative estimate of drug-likeness (QED) is 0.901. The molecule has 1 heterocycles. The third-order valence-electron chi connectivity index (χ3n) is 4.17. The first-order valence-corrected chi connectivity index (χ1v) is 7.30. The van der Waals surface area contributed by atoms with E-state index in [2.05, 4.69) is 4.99 Å². The van der Waals surface area contributed by atoms with Gasteiger partial charge in [0.15, 0.2) is 4.80 Å². The fourth-order valence-electron chi connectivity index (χ4n) is 2.42. The molecule has 1 aliphatic carbocycles. The van der Waals surface area contributed by atoms with Crippen LogP contribution >= 0.6 is 11.3 Å². The molecule has 5 nitrogen and oxygen atoms in total. The van der Waals surface area contributed by atoms with Crippen molar-refractivity contribution in [3.63, 3.8) is 0 Å². The molecule has 1 saturated carbocycles. The van der Waals surface area contributed by atoms with Gasteiger partial charge >= 0.3 is 0 Å². The third kappa shape index (κ3) is 2.17. The summed E-state index contributed by atoms with van der Waals surface area (Å²) in [6.45, 7) is 6.52. The van der Waals surface area contributed by atoms with E-state index in [1.54, 1.807) is 0 Å². The summed E-state index contributed by atoms with van der Waals surface area (Å²) in [5.41, 5.74) is 4.97. The van der Waals surface area contributed by atoms with Gasteiger partial charge in [-0.1, -0.05) is 13.8 Å². The summed E-state index contributed by atoms with van der Waals surface area (Å²) >= 11 is 1.43. The Balaban J connectivity index is 2.24. The highest BCUT2D eigenvalue weighted by molar-refractivity contribution is 7.07. The lowest BCUT2D eigenvalue weighted by Gasteiger charge is -2.56. The lowest BCUT2D eigenvalue weighted by molar-refractivity contribution is -0.168. The average Bonchev–Trinajstić information content (AvgIpc) is 2.74. The van der Waals surface area contributed by atoms with Gasteiger partial charge in [0.25, 0.3) is 5.91 Å². The lowest BCUT2D eigenvalue weighted by Crippen LogP contribution is -2.73. The predicted octanol–water partition coefficient (Wildman–Crippen LogP) is 1.05. The van der Waals surface area contributed by atoms with Gasteiger partial charge in [-0.3, -0.25) is 4.79 Å². The van der Waals surface area contributed by atoms with Gasteiger partial charge in [-0.15, -0.1) is 11.3 Å². The molecule has 0 aliphatic heterocycles. The smallest absolute Gasteiger partial charge is 0.269 e. The van der Waals surface area contributed by atoms with Crippen molar-refractivity contribution < 1.29 is 9.53 Å². The highest BCUT2D eigenvalue weighted by atomic mass is 32.1. The zero-order chi connectivity index (χ0) is 14.3. The van der Waals surface area contributed by atoms with Gasteiger partial charge in [-0.25, -0.2) is 0 Å². The van der Waals surface area contributed by atoms with E-state index in [-0.39, 0.29) is 17.4 Å². The maximum absolute atomic E-state index is 12.4. The number of hydrogen-bond acceptors (Lipinski definition) is 4. The molecule has 19 heavy (non-hydrogen) atoms. The van der Waals surface area contributed by atoms with Crippen molar-refractivity contribution in [1.29, 1.82) is 0 Å². The highest BCUT2D eigenvalue weighted by Crippen LogP contribution is 2.50. The number of aryl methyl sites for hydroxylation is 1.